The number of rotatable bonds is 9. The first kappa shape index (κ1) is 32.3. The van der Waals surface area contributed by atoms with Crippen molar-refractivity contribution in [2.75, 3.05) is 32.1 Å². The maximum Gasteiger partial charge on any atom is 0.389 e. The number of halogens is 3. The van der Waals surface area contributed by atoms with Gasteiger partial charge in [-0.15, -0.1) is 0 Å². The first-order chi connectivity index (χ1) is 19.0. The highest BCUT2D eigenvalue weighted by Gasteiger charge is 2.35. The maximum atomic E-state index is 13.4. The van der Waals surface area contributed by atoms with E-state index < -0.39 is 53.0 Å². The van der Waals surface area contributed by atoms with E-state index in [1.165, 1.54) is 44.0 Å². The van der Waals surface area contributed by atoms with Crippen LogP contribution in [0.15, 0.2) is 27.6 Å². The molecule has 1 aliphatic rings. The largest absolute Gasteiger partial charge is 0.488 e. The van der Waals surface area contributed by atoms with Crippen molar-refractivity contribution in [1.82, 2.24) is 14.4 Å². The fraction of sp³-hybridized carbons (Fsp3) is 0.577. The number of sulfonamides is 1. The lowest BCUT2D eigenvalue weighted by atomic mass is 10.0. The Morgan fingerprint density at radius 1 is 1.32 bits per heavy atom. The van der Waals surface area contributed by atoms with Crippen molar-refractivity contribution in [3.8, 4) is 5.75 Å². The minimum absolute atomic E-state index is 0.0484. The SMILES string of the molecule is Cc1noc(C)c1S(=O)(=O)N(C)C[C@H]1Oc2ccc(NC(=O)CCC(F)(F)F)cc2CC(=O)N([C@@H](C)CO)C[C@H]1C. The highest BCUT2D eigenvalue weighted by atomic mass is 32.2. The van der Waals surface area contributed by atoms with Crippen molar-refractivity contribution in [2.45, 2.75) is 70.2 Å². The summed E-state index contributed by atoms with van der Waals surface area (Å²) in [4.78, 5) is 26.8. The molecule has 1 aromatic carbocycles. The van der Waals surface area contributed by atoms with Crippen LogP contribution in [0.2, 0.25) is 0 Å². The molecule has 0 saturated heterocycles. The molecule has 1 aliphatic heterocycles. The molecule has 41 heavy (non-hydrogen) atoms. The fourth-order valence-electron chi connectivity index (χ4n) is 4.55. The Labute approximate surface area is 236 Å². The number of ether oxygens (including phenoxy) is 1. The number of aryl methyl sites for hydroxylation is 2. The van der Waals surface area contributed by atoms with E-state index in [0.717, 1.165) is 4.31 Å². The molecule has 0 radical (unpaired) electrons. The third kappa shape index (κ3) is 7.98. The smallest absolute Gasteiger partial charge is 0.389 e. The molecule has 0 fully saturated rings. The number of aliphatic hydroxyl groups excluding tert-OH is 1. The summed E-state index contributed by atoms with van der Waals surface area (Å²) in [6.07, 6.45) is -7.46. The highest BCUT2D eigenvalue weighted by molar-refractivity contribution is 7.89. The van der Waals surface area contributed by atoms with E-state index in [4.69, 9.17) is 9.26 Å². The Morgan fingerprint density at radius 3 is 2.59 bits per heavy atom. The molecule has 0 saturated carbocycles. The third-order valence-electron chi connectivity index (χ3n) is 6.91. The Hall–Kier alpha value is -3.17. The van der Waals surface area contributed by atoms with E-state index >= 15 is 0 Å². The Balaban J connectivity index is 1.94. The van der Waals surface area contributed by atoms with E-state index in [1.807, 2.05) is 0 Å². The second kappa shape index (κ2) is 12.8. The van der Waals surface area contributed by atoms with Crippen molar-refractivity contribution < 1.29 is 45.5 Å². The van der Waals surface area contributed by atoms with Crippen LogP contribution in [-0.2, 0) is 26.0 Å². The summed E-state index contributed by atoms with van der Waals surface area (Å²) in [5.74, 6) is -1.19. The van der Waals surface area contributed by atoms with Crippen LogP contribution in [0.25, 0.3) is 0 Å². The van der Waals surface area contributed by atoms with E-state index in [2.05, 4.69) is 10.5 Å². The lowest BCUT2D eigenvalue weighted by molar-refractivity contribution is -0.142. The second-order valence-corrected chi connectivity index (χ2v) is 12.3. The lowest BCUT2D eigenvalue weighted by Gasteiger charge is -2.33. The van der Waals surface area contributed by atoms with Gasteiger partial charge in [0.1, 0.15) is 22.4 Å². The summed E-state index contributed by atoms with van der Waals surface area (Å²) >= 11 is 0. The van der Waals surface area contributed by atoms with Gasteiger partial charge in [-0.1, -0.05) is 12.1 Å². The van der Waals surface area contributed by atoms with Crippen LogP contribution in [0.1, 0.15) is 43.7 Å². The van der Waals surface area contributed by atoms with Crippen LogP contribution in [0, 0.1) is 19.8 Å². The average Bonchev–Trinajstić information content (AvgIpc) is 3.25. The zero-order chi connectivity index (χ0) is 30.7. The molecule has 2 amide bonds. The molecule has 0 aliphatic carbocycles. The Kier molecular flexibility index (Phi) is 10.1. The summed E-state index contributed by atoms with van der Waals surface area (Å²) < 4.78 is 76.8. The average molecular weight is 605 g/mol. The molecule has 15 heteroatoms. The van der Waals surface area contributed by atoms with Crippen LogP contribution in [0.4, 0.5) is 18.9 Å². The number of carbonyl (C=O) groups is 2. The molecule has 0 spiro atoms. The molecule has 11 nitrogen and oxygen atoms in total. The summed E-state index contributed by atoms with van der Waals surface area (Å²) in [5, 5.41) is 15.9. The number of amides is 2. The van der Waals surface area contributed by atoms with Gasteiger partial charge in [0.15, 0.2) is 5.76 Å². The number of likely N-dealkylation sites (N-methyl/N-ethyl adjacent to an activating group) is 1. The number of hydrogen-bond acceptors (Lipinski definition) is 8. The van der Waals surface area contributed by atoms with Gasteiger partial charge in [-0.2, -0.15) is 17.5 Å². The first-order valence-electron chi connectivity index (χ1n) is 13.0. The summed E-state index contributed by atoms with van der Waals surface area (Å²) in [6.45, 7) is 6.21. The number of aliphatic hydroxyl groups is 1. The van der Waals surface area contributed by atoms with E-state index in [-0.39, 0.29) is 59.8 Å². The summed E-state index contributed by atoms with van der Waals surface area (Å²) in [7, 11) is -2.63. The number of carbonyl (C=O) groups excluding carboxylic acids is 2. The van der Waals surface area contributed by atoms with Crippen molar-refractivity contribution in [3.05, 3.63) is 35.2 Å². The van der Waals surface area contributed by atoms with Gasteiger partial charge in [0, 0.05) is 37.2 Å². The van der Waals surface area contributed by atoms with Crippen LogP contribution < -0.4 is 10.1 Å². The Bertz CT molecular complexity index is 1340. The molecule has 2 aromatic rings. The minimum atomic E-state index is -4.48. The third-order valence-corrected chi connectivity index (χ3v) is 8.98. The highest BCUT2D eigenvalue weighted by Crippen LogP contribution is 2.31. The van der Waals surface area contributed by atoms with Gasteiger partial charge in [0.2, 0.25) is 21.8 Å². The normalized spacial score (nSPS) is 19.2. The van der Waals surface area contributed by atoms with Crippen molar-refractivity contribution >= 4 is 27.5 Å². The Morgan fingerprint density at radius 2 is 2.00 bits per heavy atom. The van der Waals surface area contributed by atoms with Crippen LogP contribution in [-0.4, -0.2) is 84.8 Å². The van der Waals surface area contributed by atoms with E-state index in [9.17, 15) is 36.3 Å². The molecule has 228 valence electrons. The first-order valence-corrected chi connectivity index (χ1v) is 14.4. The molecule has 0 unspecified atom stereocenters. The molecule has 3 rings (SSSR count). The summed E-state index contributed by atoms with van der Waals surface area (Å²) in [5.41, 5.74) is 0.728. The van der Waals surface area contributed by atoms with Gasteiger partial charge in [0.05, 0.1) is 32.0 Å². The number of nitrogens with zero attached hydrogens (tertiary/aromatic N) is 3. The topological polar surface area (TPSA) is 142 Å². The molecular formula is C26H35F3N4O7S. The molecule has 0 bridgehead atoms. The van der Waals surface area contributed by atoms with Gasteiger partial charge < -0.3 is 24.6 Å². The number of alkyl halides is 3. The van der Waals surface area contributed by atoms with Crippen LogP contribution in [0.5, 0.6) is 5.75 Å². The van der Waals surface area contributed by atoms with Crippen molar-refractivity contribution in [2.24, 2.45) is 5.92 Å². The number of aromatic nitrogens is 1. The van der Waals surface area contributed by atoms with E-state index in [1.54, 1.807) is 13.8 Å². The van der Waals surface area contributed by atoms with Gasteiger partial charge in [0.25, 0.3) is 0 Å². The van der Waals surface area contributed by atoms with Gasteiger partial charge in [-0.05, 0) is 39.0 Å². The van der Waals surface area contributed by atoms with Crippen LogP contribution in [0.3, 0.4) is 0 Å². The van der Waals surface area contributed by atoms with Crippen LogP contribution >= 0.6 is 0 Å². The molecule has 3 atom stereocenters. The zero-order valence-corrected chi connectivity index (χ0v) is 24.3. The number of anilines is 1. The molecular weight excluding hydrogens is 569 g/mol. The van der Waals surface area contributed by atoms with Crippen molar-refractivity contribution in [1.29, 1.82) is 0 Å². The van der Waals surface area contributed by atoms with Crippen molar-refractivity contribution in [3.63, 3.8) is 0 Å². The molecule has 2 heterocycles. The zero-order valence-electron chi connectivity index (χ0n) is 23.5. The second-order valence-electron chi connectivity index (χ2n) is 10.3. The van der Waals surface area contributed by atoms with E-state index in [0.29, 0.717) is 5.56 Å². The number of benzene rings is 1. The molecule has 2 N–H and O–H groups in total. The molecule has 1 aromatic heterocycles. The lowest BCUT2D eigenvalue weighted by Crippen LogP contribution is -2.48. The summed E-state index contributed by atoms with van der Waals surface area (Å²) in [6, 6.07) is 3.81. The number of fused-ring (bicyclic) bond motifs is 1. The maximum absolute atomic E-state index is 13.4. The standard InChI is InChI=1S/C26H35F3N4O7S/c1-15-12-33(16(2)14-34)24(36)11-19-10-20(30-23(35)8-9-26(27,28)29)6-7-21(19)39-22(15)13-32(5)41(37,38)25-17(3)31-40-18(25)4/h6-7,10,15-16,22,34H,8-9,11-14H2,1-5H3,(H,30,35)/t15-,16+,22-/m1/s1. The predicted molar refractivity (Wildman–Crippen MR) is 142 cm³/mol. The number of nitrogens with one attached hydrogen (secondary N) is 1. The van der Waals surface area contributed by atoms with Gasteiger partial charge >= 0.3 is 6.18 Å². The van der Waals surface area contributed by atoms with Gasteiger partial charge in [-0.3, -0.25) is 9.59 Å². The number of hydrogen-bond donors (Lipinski definition) is 2. The minimum Gasteiger partial charge on any atom is -0.488 e. The fourth-order valence-corrected chi connectivity index (χ4v) is 6.02. The predicted octanol–water partition coefficient (Wildman–Crippen LogP) is 3.04. The monoisotopic (exact) mass is 604 g/mol. The van der Waals surface area contributed by atoms with Gasteiger partial charge in [-0.25, -0.2) is 8.42 Å². The quantitative estimate of drug-likeness (QED) is 0.445.